The summed E-state index contributed by atoms with van der Waals surface area (Å²) >= 11 is 5.61. The first-order valence-corrected chi connectivity index (χ1v) is 5.92. The van der Waals surface area contributed by atoms with Gasteiger partial charge in [0.05, 0.1) is 0 Å². The molecule has 1 aromatic heterocycles. The summed E-state index contributed by atoms with van der Waals surface area (Å²) in [4.78, 5) is 15.6. The van der Waals surface area contributed by atoms with Gasteiger partial charge in [-0.25, -0.2) is 0 Å². The molecule has 1 aliphatic rings. The molecule has 1 saturated heterocycles. The molecule has 2 heterocycles. The predicted molar refractivity (Wildman–Crippen MR) is 62.9 cm³/mol. The lowest BCUT2D eigenvalue weighted by Gasteiger charge is -2.43. The zero-order chi connectivity index (χ0) is 12.6. The number of amides is 1. The van der Waals surface area contributed by atoms with E-state index < -0.39 is 5.54 Å². The second kappa shape index (κ2) is 4.18. The van der Waals surface area contributed by atoms with Gasteiger partial charge < -0.3 is 14.2 Å². The normalized spacial score (nSPS) is 19.9. The Labute approximate surface area is 105 Å². The minimum absolute atomic E-state index is 0.0365. The molecule has 94 valence electrons. The Balaban J connectivity index is 2.29. The molecule has 0 radical (unpaired) electrons. The summed E-state index contributed by atoms with van der Waals surface area (Å²) in [6.45, 7) is 4.99. The van der Waals surface area contributed by atoms with Crippen LogP contribution in [0.3, 0.4) is 0 Å². The van der Waals surface area contributed by atoms with Crippen molar-refractivity contribution in [2.24, 2.45) is 0 Å². The predicted octanol–water partition coefficient (Wildman–Crippen LogP) is 0.865. The molecular weight excluding hydrogens is 244 g/mol. The van der Waals surface area contributed by atoms with Gasteiger partial charge in [0.15, 0.2) is 0 Å². The molecule has 6 nitrogen and oxygen atoms in total. The van der Waals surface area contributed by atoms with E-state index in [4.69, 9.17) is 16.0 Å². The van der Waals surface area contributed by atoms with Gasteiger partial charge in [-0.15, -0.1) is 16.7 Å². The number of aromatic nitrogens is 2. The number of likely N-dealkylation sites (N-methyl/N-ethyl adjacent to an activating group) is 1. The zero-order valence-corrected chi connectivity index (χ0v) is 10.9. The summed E-state index contributed by atoms with van der Waals surface area (Å²) in [6.07, 6.45) is 0. The molecule has 17 heavy (non-hydrogen) atoms. The van der Waals surface area contributed by atoms with Gasteiger partial charge in [-0.2, -0.15) is 0 Å². The highest BCUT2D eigenvalue weighted by Crippen LogP contribution is 2.27. The van der Waals surface area contributed by atoms with Crippen LogP contribution in [0.4, 0.5) is 6.01 Å². The first-order chi connectivity index (χ1) is 7.96. The van der Waals surface area contributed by atoms with Crippen molar-refractivity contribution < 1.29 is 9.21 Å². The first-order valence-electron chi connectivity index (χ1n) is 5.38. The third kappa shape index (κ3) is 1.97. The fourth-order valence-electron chi connectivity index (χ4n) is 1.96. The number of halogens is 1. The maximum atomic E-state index is 12.1. The van der Waals surface area contributed by atoms with Crippen molar-refractivity contribution in [3.05, 3.63) is 5.89 Å². The number of alkyl halides is 1. The SMILES string of the molecule is CN1CCN(c2nnc(CCl)o2)C(C)(C)C1=O. The van der Waals surface area contributed by atoms with E-state index in [0.717, 1.165) is 0 Å². The van der Waals surface area contributed by atoms with Crippen molar-refractivity contribution in [2.45, 2.75) is 25.3 Å². The molecule has 0 atom stereocenters. The van der Waals surface area contributed by atoms with Gasteiger partial charge in [-0.05, 0) is 13.8 Å². The number of hydrogen-bond donors (Lipinski definition) is 0. The average Bonchev–Trinajstić information content (AvgIpc) is 2.74. The Morgan fingerprint density at radius 1 is 1.41 bits per heavy atom. The maximum Gasteiger partial charge on any atom is 0.319 e. The lowest BCUT2D eigenvalue weighted by Crippen LogP contribution is -2.62. The van der Waals surface area contributed by atoms with Crippen LogP contribution in [0.5, 0.6) is 0 Å². The monoisotopic (exact) mass is 258 g/mol. The Hall–Kier alpha value is -1.30. The molecule has 7 heteroatoms. The van der Waals surface area contributed by atoms with Gasteiger partial charge in [0.25, 0.3) is 0 Å². The van der Waals surface area contributed by atoms with Crippen LogP contribution in [-0.2, 0) is 10.7 Å². The van der Waals surface area contributed by atoms with Crippen LogP contribution in [0.15, 0.2) is 4.42 Å². The van der Waals surface area contributed by atoms with Crippen LogP contribution in [0.2, 0.25) is 0 Å². The van der Waals surface area contributed by atoms with E-state index in [2.05, 4.69) is 10.2 Å². The second-order valence-electron chi connectivity index (χ2n) is 4.55. The van der Waals surface area contributed by atoms with Crippen LogP contribution < -0.4 is 4.90 Å². The molecule has 0 N–H and O–H groups in total. The lowest BCUT2D eigenvalue weighted by molar-refractivity contribution is -0.136. The quantitative estimate of drug-likeness (QED) is 0.737. The van der Waals surface area contributed by atoms with Crippen molar-refractivity contribution in [2.75, 3.05) is 25.0 Å². The molecule has 1 aromatic rings. The van der Waals surface area contributed by atoms with Gasteiger partial charge in [0, 0.05) is 20.1 Å². The molecule has 0 unspecified atom stereocenters. The molecule has 0 aromatic carbocycles. The van der Waals surface area contributed by atoms with E-state index in [-0.39, 0.29) is 11.8 Å². The highest BCUT2D eigenvalue weighted by atomic mass is 35.5. The lowest BCUT2D eigenvalue weighted by atomic mass is 9.98. The summed E-state index contributed by atoms with van der Waals surface area (Å²) in [5, 5.41) is 7.72. The fourth-order valence-corrected chi connectivity index (χ4v) is 2.06. The van der Waals surface area contributed by atoms with Gasteiger partial charge in [0.2, 0.25) is 11.8 Å². The van der Waals surface area contributed by atoms with E-state index in [0.29, 0.717) is 25.0 Å². The Morgan fingerprint density at radius 2 is 2.12 bits per heavy atom. The number of hydrogen-bond acceptors (Lipinski definition) is 5. The number of anilines is 1. The fraction of sp³-hybridized carbons (Fsp3) is 0.700. The largest absolute Gasteiger partial charge is 0.407 e. The highest BCUT2D eigenvalue weighted by Gasteiger charge is 2.42. The van der Waals surface area contributed by atoms with E-state index in [1.807, 2.05) is 18.7 Å². The van der Waals surface area contributed by atoms with Crippen LogP contribution in [0.1, 0.15) is 19.7 Å². The summed E-state index contributed by atoms with van der Waals surface area (Å²) in [5.74, 6) is 0.577. The van der Waals surface area contributed by atoms with Crippen molar-refractivity contribution in [1.82, 2.24) is 15.1 Å². The van der Waals surface area contributed by atoms with Crippen LogP contribution in [0.25, 0.3) is 0 Å². The number of carbonyl (C=O) groups excluding carboxylic acids is 1. The number of nitrogens with zero attached hydrogens (tertiary/aromatic N) is 4. The summed E-state index contributed by atoms with van der Waals surface area (Å²) < 4.78 is 5.39. The number of rotatable bonds is 2. The van der Waals surface area contributed by atoms with Crippen molar-refractivity contribution in [3.8, 4) is 0 Å². The number of piperazine rings is 1. The minimum Gasteiger partial charge on any atom is -0.407 e. The smallest absolute Gasteiger partial charge is 0.319 e. The molecule has 1 amide bonds. The van der Waals surface area contributed by atoms with Gasteiger partial charge in [-0.1, -0.05) is 5.10 Å². The van der Waals surface area contributed by atoms with E-state index in [1.165, 1.54) is 0 Å². The molecular formula is C10H15ClN4O2. The summed E-state index contributed by atoms with van der Waals surface area (Å²) in [6, 6.07) is 0.354. The Kier molecular flexibility index (Phi) is 2.99. The van der Waals surface area contributed by atoms with Gasteiger partial charge in [-0.3, -0.25) is 4.79 Å². The van der Waals surface area contributed by atoms with Crippen LogP contribution >= 0.6 is 11.6 Å². The molecule has 0 saturated carbocycles. The van der Waals surface area contributed by atoms with Gasteiger partial charge in [0.1, 0.15) is 11.4 Å². The van der Waals surface area contributed by atoms with Crippen molar-refractivity contribution in [1.29, 1.82) is 0 Å². The highest BCUT2D eigenvalue weighted by molar-refractivity contribution is 6.16. The molecule has 0 spiro atoms. The second-order valence-corrected chi connectivity index (χ2v) is 4.82. The molecule has 2 rings (SSSR count). The first kappa shape index (κ1) is 12.2. The van der Waals surface area contributed by atoms with E-state index in [1.54, 1.807) is 11.9 Å². The molecule has 1 fully saturated rings. The molecule has 1 aliphatic heterocycles. The zero-order valence-electron chi connectivity index (χ0n) is 10.1. The Bertz CT molecular complexity index is 432. The molecule has 0 aliphatic carbocycles. The van der Waals surface area contributed by atoms with Crippen LogP contribution in [-0.4, -0.2) is 46.7 Å². The standard InChI is InChI=1S/C10H15ClN4O2/c1-10(2)8(16)14(3)4-5-15(10)9-13-12-7(6-11)17-9/h4-6H2,1-3H3. The minimum atomic E-state index is -0.677. The Morgan fingerprint density at radius 3 is 2.71 bits per heavy atom. The van der Waals surface area contributed by atoms with E-state index >= 15 is 0 Å². The third-order valence-corrected chi connectivity index (χ3v) is 3.23. The van der Waals surface area contributed by atoms with Crippen molar-refractivity contribution >= 4 is 23.5 Å². The number of carbonyl (C=O) groups is 1. The van der Waals surface area contributed by atoms with Gasteiger partial charge >= 0.3 is 6.01 Å². The third-order valence-electron chi connectivity index (χ3n) is 3.01. The topological polar surface area (TPSA) is 62.5 Å². The van der Waals surface area contributed by atoms with E-state index in [9.17, 15) is 4.79 Å². The van der Waals surface area contributed by atoms with Crippen LogP contribution in [0, 0.1) is 0 Å². The maximum absolute atomic E-state index is 12.1. The summed E-state index contributed by atoms with van der Waals surface area (Å²) in [7, 11) is 1.79. The summed E-state index contributed by atoms with van der Waals surface area (Å²) in [5.41, 5.74) is -0.677. The van der Waals surface area contributed by atoms with Crippen molar-refractivity contribution in [3.63, 3.8) is 0 Å². The average molecular weight is 259 g/mol. The molecule has 0 bridgehead atoms.